The smallest absolute Gasteiger partial charge is 0.410 e. The minimum absolute atomic E-state index is 0.00932. The third-order valence-electron chi connectivity index (χ3n) is 20.3. The van der Waals surface area contributed by atoms with Crippen molar-refractivity contribution in [3.8, 4) is 11.1 Å². The van der Waals surface area contributed by atoms with Crippen LogP contribution in [0.5, 0.6) is 0 Å². The second-order valence-corrected chi connectivity index (χ2v) is 32.1. The molecule has 2 aliphatic heterocycles. The molecule has 0 spiro atoms. The Morgan fingerprint density at radius 1 is 0.806 bits per heavy atom. The Labute approximate surface area is 601 Å². The highest BCUT2D eigenvalue weighted by Crippen LogP contribution is 2.72. The third kappa shape index (κ3) is 18.2. The number of aromatic carboxylic acids is 1. The first-order chi connectivity index (χ1) is 49.0. The fourth-order valence-corrected chi connectivity index (χ4v) is 18.0. The van der Waals surface area contributed by atoms with Crippen LogP contribution in [-0.4, -0.2) is 159 Å². The number of nitrogens with one attached hydrogen (secondary N) is 5. The van der Waals surface area contributed by atoms with E-state index < -0.39 is 69.3 Å². The van der Waals surface area contributed by atoms with E-state index in [1.807, 2.05) is 59.0 Å². The molecule has 3 aromatic heterocycles. The van der Waals surface area contributed by atoms with E-state index in [-0.39, 0.29) is 104 Å². The molecule has 0 radical (unpaired) electrons. The standard InChI is InChI=1S/C73H90N14O14S2/c1-45(2)61(82-58(88)18-7-6-10-29-86-59(89)25-26-60(86)90)65(93)79-55(16-12-28-76-67(74)96)64(92)78-49-21-19-47(20-22-49)37-100-69(97)84(32-34-103(75,98)99)31-33-101-73-41-70(4)38-71(5,42-73)40-72(39-70,43-73)44-87-46(3)52(35-77-87)50-23-24-57(81-62(50)66(94)95)85-30-27-48-13-11-14-51(53(48)36-85)63(91)83-68-80-54-15-8-9-17-56(54)102-68/h8-9,11,13-15,17,19-26,35,45,55,61H,6-7,10,12,16,18,27-34,36-44H2,1-5H3,(H,78,92)(H,79,93)(H,82,88)(H,94,95)(H3,74,76,96)(H2,75,98,99)(H,80,83,91)/t55-,61?,70?,71?,72?,73?/m0/s1. The minimum atomic E-state index is -4.01. The van der Waals surface area contributed by atoms with E-state index in [0.29, 0.717) is 90.6 Å². The topological polar surface area (TPSA) is 392 Å². The normalized spacial score (nSPS) is 20.9. The number of hydrogen-bond acceptors (Lipinski definition) is 18. The van der Waals surface area contributed by atoms with Crippen LogP contribution in [0.25, 0.3) is 21.3 Å². The molecule has 6 aliphatic rings. The molecule has 4 aliphatic carbocycles. The summed E-state index contributed by atoms with van der Waals surface area (Å²) in [6, 6.07) is 20.5. The minimum Gasteiger partial charge on any atom is -0.476 e. The first kappa shape index (κ1) is 74.5. The number of anilines is 3. The van der Waals surface area contributed by atoms with E-state index in [0.717, 1.165) is 64.0 Å². The summed E-state index contributed by atoms with van der Waals surface area (Å²) in [7, 11) is -4.01. The van der Waals surface area contributed by atoms with Crippen molar-refractivity contribution in [2.75, 3.05) is 60.6 Å². The summed E-state index contributed by atoms with van der Waals surface area (Å²) in [6.45, 7) is 11.4. The van der Waals surface area contributed by atoms with Crippen LogP contribution in [-0.2, 0) is 69.6 Å². The number of aromatic nitrogens is 4. The molecular formula is C73H90N14O14S2. The van der Waals surface area contributed by atoms with Crippen LogP contribution in [0.1, 0.15) is 148 Å². The van der Waals surface area contributed by atoms with Gasteiger partial charge in [-0.2, -0.15) is 5.10 Å². The maximum atomic E-state index is 14.0. The molecule has 4 atom stereocenters. The summed E-state index contributed by atoms with van der Waals surface area (Å²) in [5, 5.41) is 35.5. The third-order valence-corrected chi connectivity index (χ3v) is 22.0. The number of sulfonamides is 1. The first-order valence-corrected chi connectivity index (χ1v) is 37.4. The van der Waals surface area contributed by atoms with Crippen LogP contribution in [0.4, 0.5) is 26.2 Å². The number of hydrogen-bond donors (Lipinski definition) is 8. The van der Waals surface area contributed by atoms with Gasteiger partial charge in [0.15, 0.2) is 10.8 Å². The van der Waals surface area contributed by atoms with Gasteiger partial charge in [0.2, 0.25) is 27.7 Å². The summed E-state index contributed by atoms with van der Waals surface area (Å²) in [4.78, 5) is 131. The molecule has 3 aromatic carbocycles. The maximum absolute atomic E-state index is 14.0. The maximum Gasteiger partial charge on any atom is 0.410 e. The number of carbonyl (C=O) groups is 9. The Bertz CT molecular complexity index is 4330. The molecule has 6 aromatic rings. The van der Waals surface area contributed by atoms with E-state index in [1.165, 1.54) is 28.4 Å². The number of carbonyl (C=O) groups excluding carboxylic acids is 8. The predicted octanol–water partition coefficient (Wildman–Crippen LogP) is 7.94. The van der Waals surface area contributed by atoms with E-state index in [1.54, 1.807) is 56.4 Å². The molecule has 9 amide bonds. The van der Waals surface area contributed by atoms with Crippen molar-refractivity contribution in [3.63, 3.8) is 0 Å². The zero-order valence-electron chi connectivity index (χ0n) is 58.6. The highest BCUT2D eigenvalue weighted by atomic mass is 32.2. The number of urea groups is 1. The Morgan fingerprint density at radius 3 is 2.24 bits per heavy atom. The van der Waals surface area contributed by atoms with Crippen molar-refractivity contribution >= 4 is 102 Å². The number of benzene rings is 3. The first-order valence-electron chi connectivity index (χ1n) is 34.9. The van der Waals surface area contributed by atoms with E-state index in [2.05, 4.69) is 45.4 Å². The van der Waals surface area contributed by atoms with Gasteiger partial charge >= 0.3 is 18.1 Å². The number of pyridine rings is 1. The lowest BCUT2D eigenvalue weighted by atomic mass is 9.39. The van der Waals surface area contributed by atoms with E-state index in [4.69, 9.17) is 30.4 Å². The second-order valence-electron chi connectivity index (χ2n) is 29.3. The van der Waals surface area contributed by atoms with Gasteiger partial charge in [-0.15, -0.1) is 0 Å². The number of carboxylic acids is 1. The summed E-state index contributed by atoms with van der Waals surface area (Å²) in [6.07, 6.45) is 10.9. The molecule has 30 heteroatoms. The summed E-state index contributed by atoms with van der Waals surface area (Å²) in [5.74, 6) is -4.25. The van der Waals surface area contributed by atoms with E-state index >= 15 is 0 Å². The number of carboxylic acid groups (broad SMARTS) is 1. The van der Waals surface area contributed by atoms with Crippen LogP contribution in [0.2, 0.25) is 0 Å². The number of nitrogens with two attached hydrogens (primary N) is 2. The number of fused-ring (bicyclic) bond motifs is 2. The lowest BCUT2D eigenvalue weighted by Crippen LogP contribution is -2.64. The number of imide groups is 1. The van der Waals surface area contributed by atoms with Gasteiger partial charge in [-0.3, -0.25) is 43.7 Å². The quantitative estimate of drug-likeness (QED) is 0.0147. The Balaban J connectivity index is 0.698. The van der Waals surface area contributed by atoms with Crippen molar-refractivity contribution in [1.29, 1.82) is 0 Å². The zero-order valence-corrected chi connectivity index (χ0v) is 60.2. The number of ether oxygens (including phenoxy) is 2. The highest BCUT2D eigenvalue weighted by molar-refractivity contribution is 7.89. The molecule has 548 valence electrons. The molecule has 12 rings (SSSR count). The second kappa shape index (κ2) is 31.1. The molecule has 10 N–H and O–H groups in total. The molecule has 4 bridgehead atoms. The lowest BCUT2D eigenvalue weighted by Gasteiger charge is -2.69. The fraction of sp³-hybridized carbons (Fsp3) is 0.479. The van der Waals surface area contributed by atoms with Gasteiger partial charge in [0.05, 0.1) is 34.4 Å². The largest absolute Gasteiger partial charge is 0.476 e. The molecule has 103 heavy (non-hydrogen) atoms. The number of unbranched alkanes of at least 4 members (excludes halogenated alkanes) is 2. The number of rotatable bonds is 32. The van der Waals surface area contributed by atoms with Gasteiger partial charge in [-0.25, -0.2) is 37.9 Å². The summed E-state index contributed by atoms with van der Waals surface area (Å²) >= 11 is 1.40. The van der Waals surface area contributed by atoms with Crippen LogP contribution >= 0.6 is 11.3 Å². The molecular weight excluding hydrogens is 1360 g/mol. The number of nitrogens with zero attached hydrogens (tertiary/aromatic N) is 7. The van der Waals surface area contributed by atoms with Crippen LogP contribution in [0.15, 0.2) is 97.2 Å². The lowest BCUT2D eigenvalue weighted by molar-refractivity contribution is -0.248. The number of thiazole rings is 1. The summed E-state index contributed by atoms with van der Waals surface area (Å²) < 4.78 is 40.4. The average molecular weight is 1450 g/mol. The Kier molecular flexibility index (Phi) is 22.5. The zero-order chi connectivity index (χ0) is 73.6. The van der Waals surface area contributed by atoms with Crippen molar-refractivity contribution < 1.29 is 66.1 Å². The van der Waals surface area contributed by atoms with Crippen molar-refractivity contribution in [3.05, 3.63) is 131 Å². The van der Waals surface area contributed by atoms with Crippen molar-refractivity contribution in [1.82, 2.24) is 45.5 Å². The van der Waals surface area contributed by atoms with Gasteiger partial charge in [-0.05, 0) is 159 Å². The van der Waals surface area contributed by atoms with Gasteiger partial charge < -0.3 is 51.4 Å². The molecule has 3 unspecified atom stereocenters. The monoisotopic (exact) mass is 1450 g/mol. The molecule has 4 fully saturated rings. The van der Waals surface area contributed by atoms with Gasteiger partial charge in [0.1, 0.15) is 24.5 Å². The number of primary sulfonamides is 1. The van der Waals surface area contributed by atoms with E-state index in [9.17, 15) is 56.7 Å². The van der Waals surface area contributed by atoms with Crippen molar-refractivity contribution in [2.24, 2.45) is 33.0 Å². The van der Waals surface area contributed by atoms with Crippen LogP contribution in [0.3, 0.4) is 0 Å². The number of primary amides is 1. The Morgan fingerprint density at radius 2 is 1.54 bits per heavy atom. The van der Waals surface area contributed by atoms with Crippen molar-refractivity contribution in [2.45, 2.75) is 155 Å². The SMILES string of the molecule is Cc1c(-c2ccc(N3CCc4cccc(C(=O)Nc5nc6ccccc6s5)c4C3)nc2C(=O)O)cnn1CC12CC3(C)CC(C)(C1)CC(OCCN(CCS(N)(=O)=O)C(=O)OCc1ccc(NC(=O)[C@H](CCCNC(N)=O)NC(=O)C(NC(=O)CCCCCN4C(=O)C=CC4=O)C(C)C)cc1)(C3)C2. The number of amides is 9. The van der Waals surface area contributed by atoms with Crippen LogP contribution in [0, 0.1) is 29.1 Å². The average Bonchev–Trinajstić information content (AvgIpc) is 0.895. The molecule has 28 nitrogen and oxygen atoms in total. The molecule has 0 saturated heterocycles. The van der Waals surface area contributed by atoms with Crippen LogP contribution < -0.4 is 42.4 Å². The summed E-state index contributed by atoms with van der Waals surface area (Å²) in [5.41, 5.74) is 9.98. The number of para-hydroxylation sites is 1. The Hall–Kier alpha value is -9.65. The highest BCUT2D eigenvalue weighted by Gasteiger charge is 2.66. The predicted molar refractivity (Wildman–Crippen MR) is 386 cm³/mol. The molecule has 5 heterocycles. The molecule has 4 saturated carbocycles. The van der Waals surface area contributed by atoms with Gasteiger partial charge in [-0.1, -0.05) is 81.9 Å². The van der Waals surface area contributed by atoms with Gasteiger partial charge in [0, 0.05) is 92.5 Å². The fourth-order valence-electron chi connectivity index (χ4n) is 16.7. The van der Waals surface area contributed by atoms with Gasteiger partial charge in [0.25, 0.3) is 17.7 Å².